The van der Waals surface area contributed by atoms with Crippen molar-refractivity contribution in [3.63, 3.8) is 0 Å². The van der Waals surface area contributed by atoms with Crippen LogP contribution >= 0.6 is 11.3 Å². The molecule has 1 aromatic heterocycles. The quantitative estimate of drug-likeness (QED) is 0.505. The van der Waals surface area contributed by atoms with E-state index in [4.69, 9.17) is 9.73 Å². The number of hydrogen-bond acceptors (Lipinski definition) is 5. The first kappa shape index (κ1) is 17.7. The minimum Gasteiger partial charge on any atom is -0.469 e. The number of nitrogens with zero attached hydrogens (tertiary/aromatic N) is 3. The number of nitrogens with one attached hydrogen (secondary N) is 1. The molecule has 128 valence electrons. The number of esters is 1. The van der Waals surface area contributed by atoms with Crippen molar-refractivity contribution in [3.05, 3.63) is 16.1 Å². The van der Waals surface area contributed by atoms with Crippen molar-refractivity contribution < 1.29 is 9.53 Å². The van der Waals surface area contributed by atoms with E-state index in [2.05, 4.69) is 34.4 Å². The van der Waals surface area contributed by atoms with Gasteiger partial charge < -0.3 is 15.0 Å². The standard InChI is InChI=1S/C16H26N4O2S/c1-5-14-19-12(10-23-14)7-18-16(17-6-2)20-8-11(3)13(9-20)15(21)22-4/h10-11,13H,5-9H2,1-4H3,(H,17,18). The third-order valence-electron chi connectivity index (χ3n) is 4.04. The van der Waals surface area contributed by atoms with Crippen LogP contribution in [0.1, 0.15) is 31.5 Å². The number of rotatable bonds is 5. The minimum absolute atomic E-state index is 0.0881. The second-order valence-corrected chi connectivity index (χ2v) is 6.71. The van der Waals surface area contributed by atoms with Crippen LogP contribution in [0.2, 0.25) is 0 Å². The Morgan fingerprint density at radius 3 is 2.91 bits per heavy atom. The van der Waals surface area contributed by atoms with Crippen LogP contribution < -0.4 is 5.32 Å². The highest BCUT2D eigenvalue weighted by Crippen LogP contribution is 2.24. The summed E-state index contributed by atoms with van der Waals surface area (Å²) in [7, 11) is 1.45. The van der Waals surface area contributed by atoms with Crippen molar-refractivity contribution in [3.8, 4) is 0 Å². The highest BCUT2D eigenvalue weighted by atomic mass is 32.1. The Morgan fingerprint density at radius 2 is 2.30 bits per heavy atom. The Labute approximate surface area is 142 Å². The molecular weight excluding hydrogens is 312 g/mol. The number of carbonyl (C=O) groups excluding carboxylic acids is 1. The molecule has 0 radical (unpaired) electrons. The molecule has 2 heterocycles. The topological polar surface area (TPSA) is 66.8 Å². The Balaban J connectivity index is 2.05. The zero-order valence-electron chi connectivity index (χ0n) is 14.3. The van der Waals surface area contributed by atoms with Crippen LogP contribution in [0.3, 0.4) is 0 Å². The monoisotopic (exact) mass is 338 g/mol. The van der Waals surface area contributed by atoms with Crippen LogP contribution in [0, 0.1) is 11.8 Å². The summed E-state index contributed by atoms with van der Waals surface area (Å²) < 4.78 is 4.90. The highest BCUT2D eigenvalue weighted by Gasteiger charge is 2.36. The molecule has 1 N–H and O–H groups in total. The molecule has 0 bridgehead atoms. The lowest BCUT2D eigenvalue weighted by molar-refractivity contribution is -0.145. The maximum Gasteiger partial charge on any atom is 0.310 e. The van der Waals surface area contributed by atoms with Gasteiger partial charge in [-0.3, -0.25) is 4.79 Å². The predicted octanol–water partition coefficient (Wildman–Crippen LogP) is 1.91. The number of methoxy groups -OCH3 is 1. The van der Waals surface area contributed by atoms with Gasteiger partial charge in [0.15, 0.2) is 5.96 Å². The second-order valence-electron chi connectivity index (χ2n) is 5.77. The van der Waals surface area contributed by atoms with Crippen molar-refractivity contribution in [1.82, 2.24) is 15.2 Å². The summed E-state index contributed by atoms with van der Waals surface area (Å²) in [6.07, 6.45) is 0.957. The summed E-state index contributed by atoms with van der Waals surface area (Å²) >= 11 is 1.68. The van der Waals surface area contributed by atoms with Crippen LogP contribution in [0.5, 0.6) is 0 Å². The van der Waals surface area contributed by atoms with Gasteiger partial charge in [0.25, 0.3) is 0 Å². The molecule has 2 unspecified atom stereocenters. The SMILES string of the molecule is CCNC(=NCc1csc(CC)n1)N1CC(C)C(C(=O)OC)C1. The zero-order chi connectivity index (χ0) is 16.8. The van der Waals surface area contributed by atoms with Gasteiger partial charge in [0, 0.05) is 25.0 Å². The Hall–Kier alpha value is -1.63. The van der Waals surface area contributed by atoms with Gasteiger partial charge in [-0.15, -0.1) is 11.3 Å². The van der Waals surface area contributed by atoms with Crippen LogP contribution in [-0.2, 0) is 22.5 Å². The number of likely N-dealkylation sites (tertiary alicyclic amines) is 1. The van der Waals surface area contributed by atoms with Crippen molar-refractivity contribution in [2.24, 2.45) is 16.8 Å². The average Bonchev–Trinajstić information content (AvgIpc) is 3.17. The van der Waals surface area contributed by atoms with Gasteiger partial charge in [-0.25, -0.2) is 9.98 Å². The van der Waals surface area contributed by atoms with Gasteiger partial charge >= 0.3 is 5.97 Å². The minimum atomic E-state index is -0.136. The van der Waals surface area contributed by atoms with E-state index in [0.717, 1.165) is 36.2 Å². The fraction of sp³-hybridized carbons (Fsp3) is 0.688. The molecule has 6 nitrogen and oxygen atoms in total. The van der Waals surface area contributed by atoms with Gasteiger partial charge in [0.05, 0.1) is 30.3 Å². The molecule has 23 heavy (non-hydrogen) atoms. The Bertz CT molecular complexity index is 558. The fourth-order valence-corrected chi connectivity index (χ4v) is 3.50. The number of guanidine groups is 1. The van der Waals surface area contributed by atoms with Crippen molar-refractivity contribution in [2.75, 3.05) is 26.7 Å². The molecule has 2 atom stereocenters. The maximum atomic E-state index is 11.8. The number of aromatic nitrogens is 1. The van der Waals surface area contributed by atoms with E-state index in [-0.39, 0.29) is 17.8 Å². The smallest absolute Gasteiger partial charge is 0.310 e. The molecular formula is C16H26N4O2S. The van der Waals surface area contributed by atoms with E-state index >= 15 is 0 Å². The number of thiazole rings is 1. The number of aryl methyl sites for hydroxylation is 1. The van der Waals surface area contributed by atoms with E-state index in [1.165, 1.54) is 7.11 Å². The van der Waals surface area contributed by atoms with Gasteiger partial charge in [-0.1, -0.05) is 13.8 Å². The summed E-state index contributed by atoms with van der Waals surface area (Å²) in [5.41, 5.74) is 0.999. The first-order valence-electron chi connectivity index (χ1n) is 8.13. The molecule has 1 aromatic rings. The molecule has 1 saturated heterocycles. The molecule has 0 amide bonds. The molecule has 7 heteroatoms. The number of hydrogen-bond donors (Lipinski definition) is 1. The average molecular weight is 338 g/mol. The Kier molecular flexibility index (Phi) is 6.38. The molecule has 2 rings (SSSR count). The zero-order valence-corrected chi connectivity index (χ0v) is 15.2. The summed E-state index contributed by atoms with van der Waals surface area (Å²) in [5.74, 6) is 0.881. The molecule has 0 saturated carbocycles. The lowest BCUT2D eigenvalue weighted by Gasteiger charge is -2.21. The lowest BCUT2D eigenvalue weighted by atomic mass is 9.99. The van der Waals surface area contributed by atoms with Gasteiger partial charge in [0.2, 0.25) is 0 Å². The lowest BCUT2D eigenvalue weighted by Crippen LogP contribution is -2.40. The summed E-state index contributed by atoms with van der Waals surface area (Å²) in [6.45, 7) is 9.05. The largest absolute Gasteiger partial charge is 0.469 e. The predicted molar refractivity (Wildman–Crippen MR) is 92.6 cm³/mol. The third-order valence-corrected chi connectivity index (χ3v) is 5.09. The number of ether oxygens (including phenoxy) is 1. The first-order valence-corrected chi connectivity index (χ1v) is 9.01. The summed E-state index contributed by atoms with van der Waals surface area (Å²) in [6, 6.07) is 0. The maximum absolute atomic E-state index is 11.8. The molecule has 0 spiro atoms. The van der Waals surface area contributed by atoms with Crippen molar-refractivity contribution in [2.45, 2.75) is 33.7 Å². The van der Waals surface area contributed by atoms with E-state index < -0.39 is 0 Å². The molecule has 0 aliphatic carbocycles. The summed E-state index contributed by atoms with van der Waals surface area (Å²) in [4.78, 5) is 23.2. The number of aliphatic imine (C=N–C) groups is 1. The molecule has 0 aromatic carbocycles. The summed E-state index contributed by atoms with van der Waals surface area (Å²) in [5, 5.41) is 6.52. The van der Waals surface area contributed by atoms with Crippen LogP contribution in [0.25, 0.3) is 0 Å². The van der Waals surface area contributed by atoms with E-state index in [9.17, 15) is 4.79 Å². The van der Waals surface area contributed by atoms with E-state index in [0.29, 0.717) is 13.1 Å². The number of carbonyl (C=O) groups is 1. The highest BCUT2D eigenvalue weighted by molar-refractivity contribution is 7.09. The Morgan fingerprint density at radius 1 is 1.52 bits per heavy atom. The van der Waals surface area contributed by atoms with Gasteiger partial charge in [0.1, 0.15) is 0 Å². The normalized spacial score (nSPS) is 21.6. The molecule has 1 fully saturated rings. The first-order chi connectivity index (χ1) is 11.1. The van der Waals surface area contributed by atoms with Crippen molar-refractivity contribution in [1.29, 1.82) is 0 Å². The second kappa shape index (κ2) is 8.29. The van der Waals surface area contributed by atoms with Crippen molar-refractivity contribution >= 4 is 23.3 Å². The van der Waals surface area contributed by atoms with Crippen LogP contribution in [-0.4, -0.2) is 48.6 Å². The third kappa shape index (κ3) is 4.43. The van der Waals surface area contributed by atoms with E-state index in [1.54, 1.807) is 11.3 Å². The molecule has 1 aliphatic rings. The molecule has 1 aliphatic heterocycles. The van der Waals surface area contributed by atoms with Gasteiger partial charge in [-0.2, -0.15) is 0 Å². The van der Waals surface area contributed by atoms with E-state index in [1.807, 2.05) is 6.92 Å². The van der Waals surface area contributed by atoms with Gasteiger partial charge in [-0.05, 0) is 19.3 Å². The van der Waals surface area contributed by atoms with Crippen LogP contribution in [0.4, 0.5) is 0 Å². The fourth-order valence-electron chi connectivity index (χ4n) is 2.76. The van der Waals surface area contributed by atoms with Crippen LogP contribution in [0.15, 0.2) is 10.4 Å².